The standard InChI is InChI=1S/C17H23ClN2O4S/c18-14-5-7-16(8-6-14)25(22,23)20-9-1-3-13(12-20)17(21)19-11-15-4-2-10-24-15/h5-8,13,15H,1-4,9-12H2,(H,19,21)/t13-,15-/m0/s1. The number of carbonyl (C=O) groups excluding carboxylic acids is 1. The van der Waals surface area contributed by atoms with E-state index in [1.165, 1.54) is 16.4 Å². The number of piperidine rings is 1. The number of ether oxygens (including phenoxy) is 1. The summed E-state index contributed by atoms with van der Waals surface area (Å²) in [5.74, 6) is -0.413. The molecule has 2 atom stereocenters. The number of rotatable bonds is 5. The van der Waals surface area contributed by atoms with Gasteiger partial charge in [-0.05, 0) is 49.9 Å². The van der Waals surface area contributed by atoms with Gasteiger partial charge in [-0.1, -0.05) is 11.6 Å². The van der Waals surface area contributed by atoms with Crippen LogP contribution in [0.2, 0.25) is 5.02 Å². The zero-order valence-corrected chi connectivity index (χ0v) is 15.6. The molecule has 0 unspecified atom stereocenters. The van der Waals surface area contributed by atoms with Crippen molar-refractivity contribution in [2.75, 3.05) is 26.2 Å². The summed E-state index contributed by atoms with van der Waals surface area (Å²) in [4.78, 5) is 12.6. The number of benzene rings is 1. The van der Waals surface area contributed by atoms with Crippen molar-refractivity contribution in [1.29, 1.82) is 0 Å². The Morgan fingerprint density at radius 1 is 1.24 bits per heavy atom. The van der Waals surface area contributed by atoms with Crippen LogP contribution in [0.15, 0.2) is 29.2 Å². The van der Waals surface area contributed by atoms with Crippen LogP contribution in [0.1, 0.15) is 25.7 Å². The highest BCUT2D eigenvalue weighted by Gasteiger charge is 2.33. The quantitative estimate of drug-likeness (QED) is 0.840. The maximum Gasteiger partial charge on any atom is 0.243 e. The average Bonchev–Trinajstić information content (AvgIpc) is 3.14. The summed E-state index contributed by atoms with van der Waals surface area (Å²) in [5, 5.41) is 3.40. The average molecular weight is 387 g/mol. The van der Waals surface area contributed by atoms with E-state index in [-0.39, 0.29) is 29.4 Å². The maximum atomic E-state index is 12.8. The highest BCUT2D eigenvalue weighted by atomic mass is 35.5. The fourth-order valence-electron chi connectivity index (χ4n) is 3.29. The van der Waals surface area contributed by atoms with E-state index >= 15 is 0 Å². The second-order valence-electron chi connectivity index (χ2n) is 6.54. The van der Waals surface area contributed by atoms with Gasteiger partial charge in [0, 0.05) is 31.3 Å². The number of carbonyl (C=O) groups is 1. The van der Waals surface area contributed by atoms with Gasteiger partial charge in [0.15, 0.2) is 0 Å². The molecule has 1 aromatic rings. The SMILES string of the molecule is O=C(NC[C@@H]1CCCO1)[C@H]1CCCN(S(=O)(=O)c2ccc(Cl)cc2)C1. The van der Waals surface area contributed by atoms with E-state index in [4.69, 9.17) is 16.3 Å². The minimum absolute atomic E-state index is 0.0847. The Balaban J connectivity index is 1.61. The molecular formula is C17H23ClN2O4S. The summed E-state index contributed by atoms with van der Waals surface area (Å²) in [6.45, 7) is 1.89. The lowest BCUT2D eigenvalue weighted by Gasteiger charge is -2.31. The van der Waals surface area contributed by atoms with E-state index in [0.717, 1.165) is 19.4 Å². The monoisotopic (exact) mass is 386 g/mol. The molecule has 0 radical (unpaired) electrons. The third-order valence-electron chi connectivity index (χ3n) is 4.73. The van der Waals surface area contributed by atoms with Crippen LogP contribution < -0.4 is 5.32 Å². The third kappa shape index (κ3) is 4.53. The first kappa shape index (κ1) is 18.6. The van der Waals surface area contributed by atoms with Gasteiger partial charge < -0.3 is 10.1 Å². The number of hydrogen-bond acceptors (Lipinski definition) is 4. The molecule has 0 aromatic heterocycles. The van der Waals surface area contributed by atoms with Crippen molar-refractivity contribution in [3.8, 4) is 0 Å². The first-order chi connectivity index (χ1) is 12.0. The number of halogens is 1. The smallest absolute Gasteiger partial charge is 0.243 e. The molecule has 0 bridgehead atoms. The lowest BCUT2D eigenvalue weighted by atomic mass is 9.99. The Kier molecular flexibility index (Phi) is 5.99. The summed E-state index contributed by atoms with van der Waals surface area (Å²) in [6, 6.07) is 6.12. The Hall–Kier alpha value is -1.15. The zero-order chi connectivity index (χ0) is 17.9. The molecule has 0 aliphatic carbocycles. The van der Waals surface area contributed by atoms with Gasteiger partial charge in [-0.25, -0.2) is 8.42 Å². The normalized spacial score (nSPS) is 25.0. The molecule has 2 aliphatic heterocycles. The molecule has 2 saturated heterocycles. The molecule has 1 N–H and O–H groups in total. The molecule has 6 nitrogen and oxygen atoms in total. The minimum atomic E-state index is -3.61. The van der Waals surface area contributed by atoms with Crippen LogP contribution in [-0.2, 0) is 19.6 Å². The summed E-state index contributed by atoms with van der Waals surface area (Å²) in [6.07, 6.45) is 3.44. The number of hydrogen-bond donors (Lipinski definition) is 1. The fraction of sp³-hybridized carbons (Fsp3) is 0.588. The van der Waals surface area contributed by atoms with Crippen molar-refractivity contribution < 1.29 is 17.9 Å². The van der Waals surface area contributed by atoms with Crippen LogP contribution in [0.5, 0.6) is 0 Å². The van der Waals surface area contributed by atoms with Crippen molar-refractivity contribution in [1.82, 2.24) is 9.62 Å². The predicted molar refractivity (Wildman–Crippen MR) is 94.9 cm³/mol. The van der Waals surface area contributed by atoms with Crippen LogP contribution in [-0.4, -0.2) is 51.0 Å². The molecule has 3 rings (SSSR count). The Labute approximate surface area is 153 Å². The topological polar surface area (TPSA) is 75.7 Å². The highest BCUT2D eigenvalue weighted by Crippen LogP contribution is 2.25. The van der Waals surface area contributed by atoms with Crippen LogP contribution in [0.3, 0.4) is 0 Å². The van der Waals surface area contributed by atoms with Gasteiger partial charge in [-0.2, -0.15) is 4.31 Å². The van der Waals surface area contributed by atoms with Crippen LogP contribution in [0, 0.1) is 5.92 Å². The van der Waals surface area contributed by atoms with Gasteiger partial charge in [0.2, 0.25) is 15.9 Å². The van der Waals surface area contributed by atoms with Gasteiger partial charge in [0.25, 0.3) is 0 Å². The second-order valence-corrected chi connectivity index (χ2v) is 8.91. The van der Waals surface area contributed by atoms with Gasteiger partial charge in [0.1, 0.15) is 0 Å². The van der Waals surface area contributed by atoms with Crippen molar-refractivity contribution >= 4 is 27.5 Å². The summed E-state index contributed by atoms with van der Waals surface area (Å²) in [5.41, 5.74) is 0. The maximum absolute atomic E-state index is 12.8. The van der Waals surface area contributed by atoms with Gasteiger partial charge >= 0.3 is 0 Å². The summed E-state index contributed by atoms with van der Waals surface area (Å²) < 4.78 is 32.4. The Morgan fingerprint density at radius 3 is 2.68 bits per heavy atom. The largest absolute Gasteiger partial charge is 0.376 e. The minimum Gasteiger partial charge on any atom is -0.376 e. The van der Waals surface area contributed by atoms with Crippen LogP contribution in [0.4, 0.5) is 0 Å². The molecule has 2 fully saturated rings. The number of nitrogens with one attached hydrogen (secondary N) is 1. The van der Waals surface area contributed by atoms with Gasteiger partial charge in [0.05, 0.1) is 16.9 Å². The highest BCUT2D eigenvalue weighted by molar-refractivity contribution is 7.89. The van der Waals surface area contributed by atoms with Crippen LogP contribution >= 0.6 is 11.6 Å². The van der Waals surface area contributed by atoms with Crippen molar-refractivity contribution in [3.05, 3.63) is 29.3 Å². The number of sulfonamides is 1. The Bertz CT molecular complexity index is 702. The second kappa shape index (κ2) is 8.03. The molecule has 0 spiro atoms. The van der Waals surface area contributed by atoms with Crippen molar-refractivity contribution in [2.24, 2.45) is 5.92 Å². The van der Waals surface area contributed by atoms with E-state index in [9.17, 15) is 13.2 Å². The first-order valence-electron chi connectivity index (χ1n) is 8.62. The van der Waals surface area contributed by atoms with Gasteiger partial charge in [-0.3, -0.25) is 4.79 Å². The van der Waals surface area contributed by atoms with Crippen LogP contribution in [0.25, 0.3) is 0 Å². The number of nitrogens with zero attached hydrogens (tertiary/aromatic N) is 1. The predicted octanol–water partition coefficient (Wildman–Crippen LogP) is 2.04. The molecule has 1 aromatic carbocycles. The lowest BCUT2D eigenvalue weighted by molar-refractivity contribution is -0.126. The molecule has 2 aliphatic rings. The van der Waals surface area contributed by atoms with E-state index in [1.54, 1.807) is 12.1 Å². The van der Waals surface area contributed by atoms with Crippen molar-refractivity contribution in [2.45, 2.75) is 36.7 Å². The fourth-order valence-corrected chi connectivity index (χ4v) is 4.94. The molecule has 0 saturated carbocycles. The molecule has 25 heavy (non-hydrogen) atoms. The van der Waals surface area contributed by atoms with E-state index in [2.05, 4.69) is 5.32 Å². The lowest BCUT2D eigenvalue weighted by Crippen LogP contribution is -2.46. The summed E-state index contributed by atoms with van der Waals surface area (Å²) in [7, 11) is -3.61. The van der Waals surface area contributed by atoms with E-state index in [1.807, 2.05) is 0 Å². The first-order valence-corrected chi connectivity index (χ1v) is 10.4. The van der Waals surface area contributed by atoms with E-state index < -0.39 is 10.0 Å². The molecular weight excluding hydrogens is 364 g/mol. The van der Waals surface area contributed by atoms with E-state index in [0.29, 0.717) is 31.0 Å². The molecule has 1 amide bonds. The molecule has 2 heterocycles. The van der Waals surface area contributed by atoms with Crippen molar-refractivity contribution in [3.63, 3.8) is 0 Å². The Morgan fingerprint density at radius 2 is 2.00 bits per heavy atom. The molecule has 8 heteroatoms. The van der Waals surface area contributed by atoms with Gasteiger partial charge in [-0.15, -0.1) is 0 Å². The molecule has 138 valence electrons. The zero-order valence-electron chi connectivity index (χ0n) is 14.0. The summed E-state index contributed by atoms with van der Waals surface area (Å²) >= 11 is 5.83. The third-order valence-corrected chi connectivity index (χ3v) is 6.87. The number of amides is 1.